The van der Waals surface area contributed by atoms with Crippen molar-refractivity contribution in [3.8, 4) is 23.8 Å². The molecule has 0 atom stereocenters. The van der Waals surface area contributed by atoms with Crippen LogP contribution in [0.1, 0.15) is 58.6 Å². The van der Waals surface area contributed by atoms with Gasteiger partial charge in [-0.1, -0.05) is 65.5 Å². The van der Waals surface area contributed by atoms with Gasteiger partial charge in [0.25, 0.3) is 0 Å². The molecule has 0 aliphatic rings. The summed E-state index contributed by atoms with van der Waals surface area (Å²) in [4.78, 5) is 11.4. The van der Waals surface area contributed by atoms with Crippen LogP contribution < -0.4 is 0 Å². The van der Waals surface area contributed by atoms with Crippen LogP contribution in [-0.4, -0.2) is 29.5 Å². The molecule has 158 valence electrons. The molecule has 2 rings (SSSR count). The number of aromatic nitrogens is 2. The highest BCUT2D eigenvalue weighted by Gasteiger charge is 2.41. The standard InChI is InChI=1S/C26H35N3Si/c1-8-17-29(19-25-12-9-10-16-27-25)20-26-14-11-13-24(28-26)15-18-30(21(2)3,22(4)5)23(6)7/h1,9-14,16,21-23H,17,19-20H2,2-7H3. The summed E-state index contributed by atoms with van der Waals surface area (Å²) in [5.41, 5.74) is 8.43. The minimum Gasteiger partial charge on any atom is -0.281 e. The van der Waals surface area contributed by atoms with Gasteiger partial charge in [-0.15, -0.1) is 12.0 Å². The molecule has 2 heterocycles. The first-order valence-electron chi connectivity index (χ1n) is 10.8. The van der Waals surface area contributed by atoms with E-state index in [2.05, 4.69) is 68.8 Å². The fourth-order valence-corrected chi connectivity index (χ4v) is 9.70. The second-order valence-electron chi connectivity index (χ2n) is 8.83. The Labute approximate surface area is 184 Å². The number of pyridine rings is 2. The van der Waals surface area contributed by atoms with Gasteiger partial charge in [-0.3, -0.25) is 9.88 Å². The lowest BCUT2D eigenvalue weighted by Crippen LogP contribution is -2.43. The zero-order chi connectivity index (χ0) is 22.1. The molecule has 30 heavy (non-hydrogen) atoms. The molecular weight excluding hydrogens is 382 g/mol. The van der Waals surface area contributed by atoms with Gasteiger partial charge >= 0.3 is 0 Å². The van der Waals surface area contributed by atoms with Gasteiger partial charge in [0.15, 0.2) is 0 Å². The first kappa shape index (κ1) is 23.9. The van der Waals surface area contributed by atoms with Crippen molar-refractivity contribution in [1.82, 2.24) is 14.9 Å². The Morgan fingerprint density at radius 2 is 1.53 bits per heavy atom. The van der Waals surface area contributed by atoms with Crippen LogP contribution in [0.3, 0.4) is 0 Å². The normalized spacial score (nSPS) is 11.6. The summed E-state index contributed by atoms with van der Waals surface area (Å²) < 4.78 is 0. The van der Waals surface area contributed by atoms with Gasteiger partial charge in [0, 0.05) is 19.3 Å². The zero-order valence-corrected chi connectivity index (χ0v) is 20.3. The van der Waals surface area contributed by atoms with Gasteiger partial charge in [-0.25, -0.2) is 4.98 Å². The molecule has 0 unspecified atom stereocenters. The van der Waals surface area contributed by atoms with Crippen LogP contribution in [0.5, 0.6) is 0 Å². The third-order valence-electron chi connectivity index (χ3n) is 5.89. The lowest BCUT2D eigenvalue weighted by molar-refractivity contribution is 0.283. The van der Waals surface area contributed by atoms with Gasteiger partial charge in [0.05, 0.1) is 17.9 Å². The van der Waals surface area contributed by atoms with Crippen molar-refractivity contribution in [2.75, 3.05) is 6.54 Å². The molecule has 0 saturated carbocycles. The number of rotatable bonds is 8. The summed E-state index contributed by atoms with van der Waals surface area (Å²) in [7, 11) is -1.77. The summed E-state index contributed by atoms with van der Waals surface area (Å²) in [6, 6.07) is 12.1. The molecule has 2 aromatic rings. The maximum absolute atomic E-state index is 5.60. The van der Waals surface area contributed by atoms with E-state index >= 15 is 0 Å². The Bertz CT molecular complexity index is 879. The molecule has 0 N–H and O–H groups in total. The summed E-state index contributed by atoms with van der Waals surface area (Å²) in [6.07, 6.45) is 7.41. The second kappa shape index (κ2) is 11.1. The lowest BCUT2D eigenvalue weighted by Gasteiger charge is -2.38. The van der Waals surface area contributed by atoms with Crippen LogP contribution in [0.2, 0.25) is 16.6 Å². The fourth-order valence-electron chi connectivity index (χ4n) is 4.49. The first-order chi connectivity index (χ1) is 14.3. The van der Waals surface area contributed by atoms with Crippen molar-refractivity contribution in [3.05, 3.63) is 59.7 Å². The van der Waals surface area contributed by atoms with E-state index in [1.807, 2.05) is 42.6 Å². The Morgan fingerprint density at radius 3 is 2.10 bits per heavy atom. The van der Waals surface area contributed by atoms with Gasteiger partial charge in [-0.2, -0.15) is 0 Å². The average Bonchev–Trinajstić information content (AvgIpc) is 2.69. The molecule has 0 aromatic carbocycles. The minimum absolute atomic E-state index is 0.554. The number of hydrogen-bond acceptors (Lipinski definition) is 3. The maximum atomic E-state index is 5.60. The summed E-state index contributed by atoms with van der Waals surface area (Å²) >= 11 is 0. The molecule has 0 aliphatic heterocycles. The molecule has 0 fully saturated rings. The maximum Gasteiger partial charge on any atom is 0.146 e. The lowest BCUT2D eigenvalue weighted by atomic mass is 10.2. The van der Waals surface area contributed by atoms with E-state index in [4.69, 9.17) is 11.4 Å². The summed E-state index contributed by atoms with van der Waals surface area (Å²) in [5.74, 6) is 6.21. The van der Waals surface area contributed by atoms with Gasteiger partial charge < -0.3 is 0 Å². The number of hydrogen-bond donors (Lipinski definition) is 0. The Kier molecular flexibility index (Phi) is 8.84. The molecule has 0 aliphatic carbocycles. The highest BCUT2D eigenvalue weighted by atomic mass is 28.3. The van der Waals surface area contributed by atoms with Crippen LogP contribution >= 0.6 is 0 Å². The highest BCUT2D eigenvalue weighted by Crippen LogP contribution is 2.40. The van der Waals surface area contributed by atoms with E-state index in [9.17, 15) is 0 Å². The average molecular weight is 418 g/mol. The van der Waals surface area contributed by atoms with Crippen LogP contribution in [0.4, 0.5) is 0 Å². The molecule has 4 heteroatoms. The molecular formula is C26H35N3Si. The van der Waals surface area contributed by atoms with Crippen LogP contribution in [0.15, 0.2) is 42.6 Å². The van der Waals surface area contributed by atoms with Crippen LogP contribution in [0, 0.1) is 23.8 Å². The topological polar surface area (TPSA) is 29.0 Å². The first-order valence-corrected chi connectivity index (χ1v) is 13.1. The quantitative estimate of drug-likeness (QED) is 0.409. The molecule has 2 aromatic heterocycles. The smallest absolute Gasteiger partial charge is 0.146 e. The van der Waals surface area contributed by atoms with Gasteiger partial charge in [-0.05, 0) is 40.9 Å². The Hall–Kier alpha value is -2.40. The second-order valence-corrected chi connectivity index (χ2v) is 14.4. The van der Waals surface area contributed by atoms with E-state index < -0.39 is 8.07 Å². The van der Waals surface area contributed by atoms with E-state index in [-0.39, 0.29) is 0 Å². The SMILES string of the molecule is C#CCN(Cc1ccccn1)Cc1cccc(C#C[Si](C(C)C)(C(C)C)C(C)C)n1. The van der Waals surface area contributed by atoms with E-state index in [0.717, 1.165) is 17.1 Å². The molecule has 0 amide bonds. The Morgan fingerprint density at radius 1 is 0.900 bits per heavy atom. The van der Waals surface area contributed by atoms with Crippen molar-refractivity contribution in [3.63, 3.8) is 0 Å². The molecule has 0 spiro atoms. The third kappa shape index (κ3) is 6.05. The zero-order valence-electron chi connectivity index (χ0n) is 19.3. The largest absolute Gasteiger partial charge is 0.281 e. The van der Waals surface area contributed by atoms with Crippen molar-refractivity contribution in [1.29, 1.82) is 0 Å². The predicted molar refractivity (Wildman–Crippen MR) is 129 cm³/mol. The third-order valence-corrected chi connectivity index (χ3v) is 12.2. The van der Waals surface area contributed by atoms with Gasteiger partial charge in [0.2, 0.25) is 0 Å². The Balaban J connectivity index is 2.25. The fraction of sp³-hybridized carbons (Fsp3) is 0.462. The van der Waals surface area contributed by atoms with Crippen molar-refractivity contribution in [2.45, 2.75) is 71.3 Å². The summed E-state index contributed by atoms with van der Waals surface area (Å²) in [5, 5.41) is 0. The van der Waals surface area contributed by atoms with Crippen LogP contribution in [0.25, 0.3) is 0 Å². The summed E-state index contributed by atoms with van der Waals surface area (Å²) in [6.45, 7) is 15.9. The van der Waals surface area contributed by atoms with E-state index in [0.29, 0.717) is 36.3 Å². The molecule has 0 radical (unpaired) electrons. The number of nitrogens with zero attached hydrogens (tertiary/aromatic N) is 3. The van der Waals surface area contributed by atoms with E-state index in [1.165, 1.54) is 0 Å². The highest BCUT2D eigenvalue weighted by molar-refractivity contribution is 6.90. The molecule has 0 bridgehead atoms. The van der Waals surface area contributed by atoms with Crippen molar-refractivity contribution < 1.29 is 0 Å². The predicted octanol–water partition coefficient (Wildman–Crippen LogP) is 5.68. The van der Waals surface area contributed by atoms with E-state index in [1.54, 1.807) is 0 Å². The van der Waals surface area contributed by atoms with Crippen molar-refractivity contribution >= 4 is 8.07 Å². The van der Waals surface area contributed by atoms with Crippen molar-refractivity contribution in [2.24, 2.45) is 0 Å². The molecule has 0 saturated heterocycles. The number of terminal acetylenes is 1. The monoisotopic (exact) mass is 417 g/mol. The molecule has 3 nitrogen and oxygen atoms in total. The minimum atomic E-state index is -1.77. The van der Waals surface area contributed by atoms with Crippen LogP contribution in [-0.2, 0) is 13.1 Å². The van der Waals surface area contributed by atoms with Gasteiger partial charge in [0.1, 0.15) is 13.8 Å².